The second-order valence-electron chi connectivity index (χ2n) is 8.51. The number of ketones is 1. The Bertz CT molecular complexity index is 1620. The Labute approximate surface area is 195 Å². The number of nitrogens with one attached hydrogen (secondary N) is 1. The Balaban J connectivity index is 1.68. The van der Waals surface area contributed by atoms with Crippen molar-refractivity contribution in [2.75, 3.05) is 5.32 Å². The van der Waals surface area contributed by atoms with E-state index >= 15 is 0 Å². The van der Waals surface area contributed by atoms with Gasteiger partial charge in [-0.1, -0.05) is 52.3 Å². The van der Waals surface area contributed by atoms with Gasteiger partial charge in [0.05, 0.1) is 11.3 Å². The summed E-state index contributed by atoms with van der Waals surface area (Å²) in [6, 6.07) is 19.7. The molecule has 0 bridgehead atoms. The van der Waals surface area contributed by atoms with Gasteiger partial charge in [0.25, 0.3) is 0 Å². The average molecular weight is 500 g/mol. The monoisotopic (exact) mass is 499 g/mol. The molecule has 0 radical (unpaired) electrons. The topological polar surface area (TPSA) is 85.6 Å². The maximum Gasteiger partial charge on any atom is 0.344 e. The van der Waals surface area contributed by atoms with E-state index in [0.29, 0.717) is 33.3 Å². The predicted octanol–water partition coefficient (Wildman–Crippen LogP) is 4.74. The normalized spacial score (nSPS) is 24.2. The standard InChI is InChI=1S/C26H14BrNO5/c27-12-9-10-17-16(11-12)26(25(31)28-17)19-21(29)13-5-1-2-6-14(13)22(19)33-23-15-7-3-4-8-18(15)32-24(30)20(23)26/h1-11,19,22H,(H,28,31). The molecule has 1 aromatic heterocycles. The molecule has 1 N–H and O–H groups in total. The lowest BCUT2D eigenvalue weighted by atomic mass is 9.63. The van der Waals surface area contributed by atoms with Gasteiger partial charge >= 0.3 is 5.63 Å². The molecule has 7 heteroatoms. The predicted molar refractivity (Wildman–Crippen MR) is 124 cm³/mol. The molecule has 1 spiro atoms. The van der Waals surface area contributed by atoms with E-state index in [-0.39, 0.29) is 17.1 Å². The fourth-order valence-electron chi connectivity index (χ4n) is 5.73. The van der Waals surface area contributed by atoms with Gasteiger partial charge in [-0.15, -0.1) is 0 Å². The van der Waals surface area contributed by atoms with Crippen LogP contribution in [-0.2, 0) is 10.2 Å². The molecule has 0 saturated heterocycles. The number of Topliss-reactive ketones (excluding diaryl/α,β-unsaturated/α-hetero) is 1. The first kappa shape index (κ1) is 18.8. The summed E-state index contributed by atoms with van der Waals surface area (Å²) in [7, 11) is 0. The molecule has 3 unspecified atom stereocenters. The Hall–Kier alpha value is -3.71. The number of halogens is 1. The van der Waals surface area contributed by atoms with Gasteiger partial charge in [-0.2, -0.15) is 0 Å². The maximum atomic E-state index is 13.9. The highest BCUT2D eigenvalue weighted by Gasteiger charge is 2.67. The lowest BCUT2D eigenvalue weighted by molar-refractivity contribution is -0.122. The molecule has 7 rings (SSSR count). The van der Waals surface area contributed by atoms with Crippen molar-refractivity contribution in [3.63, 3.8) is 0 Å². The molecule has 1 aliphatic carbocycles. The number of hydrogen-bond donors (Lipinski definition) is 1. The number of hydrogen-bond acceptors (Lipinski definition) is 5. The lowest BCUT2D eigenvalue weighted by Crippen LogP contribution is -2.52. The number of para-hydroxylation sites is 1. The molecule has 3 heterocycles. The third-order valence-electron chi connectivity index (χ3n) is 7.00. The Morgan fingerprint density at radius 1 is 0.939 bits per heavy atom. The van der Waals surface area contributed by atoms with E-state index in [2.05, 4.69) is 21.2 Å². The smallest absolute Gasteiger partial charge is 0.344 e. The number of anilines is 1. The third-order valence-corrected chi connectivity index (χ3v) is 7.50. The molecule has 1 amide bonds. The number of fused-ring (bicyclic) bond motifs is 10. The molecule has 0 saturated carbocycles. The van der Waals surface area contributed by atoms with Crippen LogP contribution in [0.15, 0.2) is 80.4 Å². The van der Waals surface area contributed by atoms with E-state index in [1.54, 1.807) is 42.5 Å². The highest BCUT2D eigenvalue weighted by molar-refractivity contribution is 9.10. The summed E-state index contributed by atoms with van der Waals surface area (Å²) in [6.45, 7) is 0. The van der Waals surface area contributed by atoms with E-state index in [9.17, 15) is 14.4 Å². The van der Waals surface area contributed by atoms with Crippen molar-refractivity contribution in [2.45, 2.75) is 11.5 Å². The zero-order chi connectivity index (χ0) is 22.5. The SMILES string of the molecule is O=C1c2ccccc2C2Oc3c(c(=O)oc4ccccc34)C3(C(=O)Nc4ccc(Br)cc43)C12. The van der Waals surface area contributed by atoms with Gasteiger partial charge in [0.2, 0.25) is 5.91 Å². The van der Waals surface area contributed by atoms with Crippen molar-refractivity contribution in [1.82, 2.24) is 0 Å². The zero-order valence-corrected chi connectivity index (χ0v) is 18.5. The van der Waals surface area contributed by atoms with Crippen molar-refractivity contribution in [1.29, 1.82) is 0 Å². The van der Waals surface area contributed by atoms with Crippen LogP contribution in [0.1, 0.15) is 33.2 Å². The molecule has 3 aliphatic rings. The summed E-state index contributed by atoms with van der Waals surface area (Å²) in [5.41, 5.74) is 0.497. The van der Waals surface area contributed by atoms with Gasteiger partial charge in [-0.3, -0.25) is 9.59 Å². The van der Waals surface area contributed by atoms with Crippen molar-refractivity contribution in [3.05, 3.63) is 104 Å². The third kappa shape index (κ3) is 2.15. The fraction of sp³-hybridized carbons (Fsp3) is 0.115. The van der Waals surface area contributed by atoms with E-state index in [0.717, 1.165) is 4.47 Å². The maximum absolute atomic E-state index is 13.9. The van der Waals surface area contributed by atoms with Crippen molar-refractivity contribution in [2.24, 2.45) is 5.92 Å². The second kappa shape index (κ2) is 6.20. The number of benzene rings is 3. The van der Waals surface area contributed by atoms with Gasteiger partial charge in [0.1, 0.15) is 28.4 Å². The van der Waals surface area contributed by atoms with E-state index in [1.165, 1.54) is 0 Å². The molecule has 0 fully saturated rings. The minimum Gasteiger partial charge on any atom is -0.483 e. The first-order chi connectivity index (χ1) is 16.0. The van der Waals surface area contributed by atoms with Crippen LogP contribution in [0.4, 0.5) is 5.69 Å². The molecule has 3 atom stereocenters. The minimum absolute atomic E-state index is 0.0676. The molecular weight excluding hydrogens is 486 g/mol. The lowest BCUT2D eigenvalue weighted by Gasteiger charge is -2.41. The van der Waals surface area contributed by atoms with E-state index < -0.39 is 29.0 Å². The van der Waals surface area contributed by atoms with E-state index in [4.69, 9.17) is 9.15 Å². The molecule has 160 valence electrons. The fourth-order valence-corrected chi connectivity index (χ4v) is 6.09. The Morgan fingerprint density at radius 2 is 1.73 bits per heavy atom. The van der Waals surface area contributed by atoms with Crippen molar-refractivity contribution < 1.29 is 18.7 Å². The number of amides is 1. The number of ether oxygens (including phenoxy) is 1. The van der Waals surface area contributed by atoms with Crippen LogP contribution >= 0.6 is 15.9 Å². The summed E-state index contributed by atoms with van der Waals surface area (Å²) in [5, 5.41) is 3.49. The van der Waals surface area contributed by atoms with Crippen LogP contribution in [0, 0.1) is 5.92 Å². The van der Waals surface area contributed by atoms with E-state index in [1.807, 2.05) is 24.3 Å². The second-order valence-corrected chi connectivity index (χ2v) is 9.43. The van der Waals surface area contributed by atoms with Crippen LogP contribution in [0.2, 0.25) is 0 Å². The molecule has 2 aliphatic heterocycles. The summed E-state index contributed by atoms with van der Waals surface area (Å²) in [4.78, 5) is 41.2. The average Bonchev–Trinajstić information content (AvgIpc) is 3.26. The molecule has 6 nitrogen and oxygen atoms in total. The molecular formula is C26H14BrNO5. The Kier molecular flexibility index (Phi) is 3.54. The minimum atomic E-state index is -1.59. The van der Waals surface area contributed by atoms with Crippen molar-refractivity contribution in [3.8, 4) is 5.75 Å². The van der Waals surface area contributed by atoms with Gasteiger partial charge < -0.3 is 14.5 Å². The first-order valence-corrected chi connectivity index (χ1v) is 11.3. The van der Waals surface area contributed by atoms with Gasteiger partial charge in [0, 0.05) is 21.3 Å². The summed E-state index contributed by atoms with van der Waals surface area (Å²) in [6.07, 6.45) is -0.720. The van der Waals surface area contributed by atoms with Gasteiger partial charge in [-0.25, -0.2) is 4.79 Å². The number of carbonyl (C=O) groups is 2. The van der Waals surface area contributed by atoms with Crippen LogP contribution in [0.5, 0.6) is 5.75 Å². The van der Waals surface area contributed by atoms with Crippen molar-refractivity contribution >= 4 is 44.3 Å². The summed E-state index contributed by atoms with van der Waals surface area (Å²) in [5.74, 6) is -1.31. The van der Waals surface area contributed by atoms with Gasteiger partial charge in [0.15, 0.2) is 5.78 Å². The Morgan fingerprint density at radius 3 is 2.61 bits per heavy atom. The zero-order valence-electron chi connectivity index (χ0n) is 16.9. The first-order valence-electron chi connectivity index (χ1n) is 10.5. The molecule has 4 aromatic rings. The van der Waals surface area contributed by atoms with Crippen LogP contribution in [0.25, 0.3) is 11.0 Å². The highest BCUT2D eigenvalue weighted by atomic mass is 79.9. The quantitative estimate of drug-likeness (QED) is 0.353. The highest BCUT2D eigenvalue weighted by Crippen LogP contribution is 2.61. The van der Waals surface area contributed by atoms with Gasteiger partial charge in [-0.05, 0) is 35.9 Å². The largest absolute Gasteiger partial charge is 0.483 e. The molecule has 3 aromatic carbocycles. The summed E-state index contributed by atoms with van der Waals surface area (Å²) < 4.78 is 12.8. The van der Waals surface area contributed by atoms with Crippen LogP contribution in [0.3, 0.4) is 0 Å². The number of rotatable bonds is 0. The number of carbonyl (C=O) groups excluding carboxylic acids is 2. The summed E-state index contributed by atoms with van der Waals surface area (Å²) >= 11 is 3.49. The molecule has 33 heavy (non-hydrogen) atoms. The van der Waals surface area contributed by atoms with Crippen LogP contribution < -0.4 is 15.7 Å². The van der Waals surface area contributed by atoms with Crippen LogP contribution in [-0.4, -0.2) is 11.7 Å².